The first-order valence-electron chi connectivity index (χ1n) is 8.76. The van der Waals surface area contributed by atoms with Crippen molar-refractivity contribution in [2.45, 2.75) is 51.7 Å². The number of esters is 3. The Kier molecular flexibility index (Phi) is 5.76. The Morgan fingerprint density at radius 3 is 2.55 bits per heavy atom. The second-order valence-electron chi connectivity index (χ2n) is 6.76. The molecule has 10 nitrogen and oxygen atoms in total. The van der Waals surface area contributed by atoms with Crippen LogP contribution in [0.4, 0.5) is 0 Å². The lowest BCUT2D eigenvalue weighted by Crippen LogP contribution is -2.50. The molecular weight excluding hydrogens is 406 g/mol. The van der Waals surface area contributed by atoms with Gasteiger partial charge in [0.1, 0.15) is 29.8 Å². The number of aromatic nitrogens is 3. The molecular formula is C18H20ClN3O7. The first kappa shape index (κ1) is 21.0. The van der Waals surface area contributed by atoms with Gasteiger partial charge in [-0.1, -0.05) is 11.6 Å². The van der Waals surface area contributed by atoms with Gasteiger partial charge in [0.2, 0.25) is 0 Å². The minimum Gasteiger partial charge on any atom is -0.463 e. The van der Waals surface area contributed by atoms with E-state index in [0.29, 0.717) is 11.0 Å². The van der Waals surface area contributed by atoms with Crippen LogP contribution in [0.25, 0.3) is 11.0 Å². The molecule has 0 saturated carbocycles. The highest BCUT2D eigenvalue weighted by Crippen LogP contribution is 2.44. The summed E-state index contributed by atoms with van der Waals surface area (Å²) in [5.74, 6) is -1.73. The van der Waals surface area contributed by atoms with Crippen LogP contribution in [0, 0.1) is 0 Å². The van der Waals surface area contributed by atoms with Crippen molar-refractivity contribution in [1.29, 1.82) is 0 Å². The van der Waals surface area contributed by atoms with Crippen molar-refractivity contribution >= 4 is 40.5 Å². The second-order valence-corrected chi connectivity index (χ2v) is 7.12. The van der Waals surface area contributed by atoms with Crippen LogP contribution in [-0.4, -0.2) is 56.9 Å². The first-order chi connectivity index (χ1) is 13.6. The van der Waals surface area contributed by atoms with Gasteiger partial charge in [-0.25, -0.2) is 9.97 Å². The van der Waals surface area contributed by atoms with E-state index in [1.54, 1.807) is 23.8 Å². The van der Waals surface area contributed by atoms with Crippen molar-refractivity contribution in [3.8, 4) is 0 Å². The highest BCUT2D eigenvalue weighted by atomic mass is 35.5. The molecule has 0 aromatic carbocycles. The van der Waals surface area contributed by atoms with Crippen LogP contribution >= 0.6 is 11.6 Å². The Bertz CT molecular complexity index is 962. The average Bonchev–Trinajstić information content (AvgIpc) is 3.13. The Morgan fingerprint density at radius 2 is 1.93 bits per heavy atom. The summed E-state index contributed by atoms with van der Waals surface area (Å²) < 4.78 is 23.7. The molecule has 1 saturated heterocycles. The number of rotatable bonds is 5. The molecule has 0 radical (unpaired) electrons. The molecule has 1 fully saturated rings. The summed E-state index contributed by atoms with van der Waals surface area (Å²) in [4.78, 5) is 43.1. The molecule has 156 valence electrons. The number of hydrogen-bond donors (Lipinski definition) is 0. The lowest BCUT2D eigenvalue weighted by molar-refractivity contribution is -0.184. The molecule has 0 amide bonds. The van der Waals surface area contributed by atoms with Gasteiger partial charge >= 0.3 is 17.9 Å². The van der Waals surface area contributed by atoms with E-state index < -0.39 is 41.9 Å². The predicted octanol–water partition coefficient (Wildman–Crippen LogP) is 1.80. The first-order valence-corrected chi connectivity index (χ1v) is 9.14. The number of hydrogen-bond acceptors (Lipinski definition) is 9. The van der Waals surface area contributed by atoms with Gasteiger partial charge in [-0.2, -0.15) is 0 Å². The SMILES string of the molecule is CC(=O)OC[C@H]1O[C@@H](n2ccc3c(Cl)ncnc32)C(C)(OC(C)=O)[C@@H]1OC(C)=O. The third-order valence-corrected chi connectivity index (χ3v) is 4.82. The number of carbonyl (C=O) groups excluding carboxylic acids is 3. The highest BCUT2D eigenvalue weighted by Gasteiger charge is 2.60. The van der Waals surface area contributed by atoms with Gasteiger partial charge in [0.25, 0.3) is 0 Å². The topological polar surface area (TPSA) is 119 Å². The number of halogens is 1. The van der Waals surface area contributed by atoms with Crippen LogP contribution < -0.4 is 0 Å². The normalized spacial score (nSPS) is 26.3. The lowest BCUT2D eigenvalue weighted by Gasteiger charge is -2.34. The monoisotopic (exact) mass is 425 g/mol. The average molecular weight is 426 g/mol. The van der Waals surface area contributed by atoms with Crippen LogP contribution in [0.3, 0.4) is 0 Å². The van der Waals surface area contributed by atoms with Crippen molar-refractivity contribution in [3.05, 3.63) is 23.7 Å². The molecule has 0 spiro atoms. The molecule has 3 heterocycles. The third kappa shape index (κ3) is 4.03. The van der Waals surface area contributed by atoms with E-state index in [2.05, 4.69) is 9.97 Å². The molecule has 4 atom stereocenters. The van der Waals surface area contributed by atoms with E-state index >= 15 is 0 Å². The maximum Gasteiger partial charge on any atom is 0.303 e. The summed E-state index contributed by atoms with van der Waals surface area (Å²) in [6, 6.07) is 1.69. The number of fused-ring (bicyclic) bond motifs is 1. The molecule has 1 aliphatic heterocycles. The zero-order chi connectivity index (χ0) is 21.3. The van der Waals surface area contributed by atoms with Crippen LogP contribution in [-0.2, 0) is 33.3 Å². The molecule has 1 aliphatic rings. The molecule has 3 rings (SSSR count). The highest BCUT2D eigenvalue weighted by molar-refractivity contribution is 6.33. The van der Waals surface area contributed by atoms with Gasteiger partial charge in [-0.05, 0) is 13.0 Å². The fourth-order valence-electron chi connectivity index (χ4n) is 3.47. The van der Waals surface area contributed by atoms with E-state index in [0.717, 1.165) is 0 Å². The van der Waals surface area contributed by atoms with E-state index in [4.69, 9.17) is 30.5 Å². The standard InChI is InChI=1S/C18H20ClN3O7/c1-9(23)26-7-13-14(27-10(2)24)18(4,29-11(3)25)17(28-13)22-6-5-12-15(19)20-8-21-16(12)22/h5-6,8,13-14,17H,7H2,1-4H3/t13-,14-,17-,18?/m1/s1. The van der Waals surface area contributed by atoms with E-state index in [9.17, 15) is 14.4 Å². The van der Waals surface area contributed by atoms with Crippen molar-refractivity contribution in [2.24, 2.45) is 0 Å². The minimum absolute atomic E-state index is 0.199. The summed E-state index contributed by atoms with van der Waals surface area (Å²) in [7, 11) is 0. The minimum atomic E-state index is -1.44. The van der Waals surface area contributed by atoms with Gasteiger partial charge in [0.15, 0.2) is 17.9 Å². The zero-order valence-electron chi connectivity index (χ0n) is 16.2. The van der Waals surface area contributed by atoms with Gasteiger partial charge in [0, 0.05) is 27.0 Å². The number of ether oxygens (including phenoxy) is 4. The second kappa shape index (κ2) is 7.96. The number of carbonyl (C=O) groups is 3. The Balaban J connectivity index is 2.09. The molecule has 29 heavy (non-hydrogen) atoms. The van der Waals surface area contributed by atoms with Crippen LogP contribution in [0.1, 0.15) is 33.9 Å². The maximum absolute atomic E-state index is 11.9. The van der Waals surface area contributed by atoms with E-state index in [-0.39, 0.29) is 11.8 Å². The summed E-state index contributed by atoms with van der Waals surface area (Å²) in [6.07, 6.45) is 0.0743. The largest absolute Gasteiger partial charge is 0.463 e. The molecule has 0 N–H and O–H groups in total. The Morgan fingerprint density at radius 1 is 1.21 bits per heavy atom. The van der Waals surface area contributed by atoms with Crippen molar-refractivity contribution in [2.75, 3.05) is 6.61 Å². The summed E-state index contributed by atoms with van der Waals surface area (Å²) in [6.45, 7) is 5.09. The van der Waals surface area contributed by atoms with E-state index in [1.165, 1.54) is 27.1 Å². The lowest BCUT2D eigenvalue weighted by atomic mass is 9.95. The summed E-state index contributed by atoms with van der Waals surface area (Å²) in [5, 5.41) is 0.810. The summed E-state index contributed by atoms with van der Waals surface area (Å²) >= 11 is 6.13. The molecule has 0 aliphatic carbocycles. The van der Waals surface area contributed by atoms with Crippen molar-refractivity contribution in [1.82, 2.24) is 14.5 Å². The number of nitrogens with zero attached hydrogens (tertiary/aromatic N) is 3. The molecule has 1 unspecified atom stereocenters. The molecule has 2 aromatic heterocycles. The van der Waals surface area contributed by atoms with Crippen LogP contribution in [0.15, 0.2) is 18.6 Å². The van der Waals surface area contributed by atoms with Crippen molar-refractivity contribution in [3.63, 3.8) is 0 Å². The smallest absolute Gasteiger partial charge is 0.303 e. The van der Waals surface area contributed by atoms with E-state index in [1.807, 2.05) is 0 Å². The quantitative estimate of drug-likeness (QED) is 0.401. The maximum atomic E-state index is 11.9. The van der Waals surface area contributed by atoms with Crippen LogP contribution in [0.2, 0.25) is 5.15 Å². The summed E-state index contributed by atoms with van der Waals surface area (Å²) in [5.41, 5.74) is -1.01. The Hall–Kier alpha value is -2.72. The van der Waals surface area contributed by atoms with Gasteiger partial charge in [-0.15, -0.1) is 0 Å². The zero-order valence-corrected chi connectivity index (χ0v) is 17.0. The molecule has 11 heteroatoms. The molecule has 0 bridgehead atoms. The van der Waals surface area contributed by atoms with Crippen LogP contribution in [0.5, 0.6) is 0 Å². The predicted molar refractivity (Wildman–Crippen MR) is 98.8 cm³/mol. The van der Waals surface area contributed by atoms with Crippen molar-refractivity contribution < 1.29 is 33.3 Å². The fourth-order valence-corrected chi connectivity index (χ4v) is 3.66. The Labute approximate surface area is 171 Å². The van der Waals surface area contributed by atoms with Gasteiger partial charge in [0.05, 0.1) is 5.39 Å². The van der Waals surface area contributed by atoms with Gasteiger partial charge < -0.3 is 23.5 Å². The van der Waals surface area contributed by atoms with Gasteiger partial charge in [-0.3, -0.25) is 14.4 Å². The third-order valence-electron chi connectivity index (χ3n) is 4.52. The fraction of sp³-hybridized carbons (Fsp3) is 0.500. The molecule has 2 aromatic rings.